The molecule has 0 saturated heterocycles. The first-order chi connectivity index (χ1) is 7.70. The Morgan fingerprint density at radius 2 is 1.94 bits per heavy atom. The van der Waals surface area contributed by atoms with Gasteiger partial charge in [0.25, 0.3) is 0 Å². The average Bonchev–Trinajstić information content (AvgIpc) is 2.29. The first-order valence-corrected chi connectivity index (χ1v) is 5.41. The molecule has 0 bridgehead atoms. The number of aryl methyl sites for hydroxylation is 1. The smallest absolute Gasteiger partial charge is 0.107 e. The molecule has 1 atom stereocenters. The number of hydrogen-bond donors (Lipinski definition) is 1. The van der Waals surface area contributed by atoms with Gasteiger partial charge in [0.15, 0.2) is 0 Å². The minimum Gasteiger partial charge on any atom is -0.384 e. The van der Waals surface area contributed by atoms with E-state index in [1.807, 2.05) is 31.2 Å². The molecule has 3 heteroatoms. The predicted octanol–water partition coefficient (Wildman–Crippen LogP) is 3.13. The quantitative estimate of drug-likeness (QED) is 0.865. The van der Waals surface area contributed by atoms with Crippen LogP contribution < -0.4 is 0 Å². The van der Waals surface area contributed by atoms with Crippen LogP contribution in [0.5, 0.6) is 0 Å². The average molecular weight is 234 g/mol. The van der Waals surface area contributed by atoms with Gasteiger partial charge in [-0.25, -0.2) is 0 Å². The van der Waals surface area contributed by atoms with Gasteiger partial charge in [-0.05, 0) is 24.6 Å². The largest absolute Gasteiger partial charge is 0.384 e. The molecule has 0 amide bonds. The van der Waals surface area contributed by atoms with Gasteiger partial charge in [-0.2, -0.15) is 0 Å². The molecule has 1 unspecified atom stereocenters. The van der Waals surface area contributed by atoms with Crippen LogP contribution in [0.15, 0.2) is 42.7 Å². The van der Waals surface area contributed by atoms with Crippen molar-refractivity contribution in [2.45, 2.75) is 13.0 Å². The molecule has 2 rings (SSSR count). The van der Waals surface area contributed by atoms with Crippen LogP contribution in [0.25, 0.3) is 0 Å². The second kappa shape index (κ2) is 4.64. The lowest BCUT2D eigenvalue weighted by Crippen LogP contribution is -2.03. The normalized spacial score (nSPS) is 12.4. The zero-order valence-corrected chi connectivity index (χ0v) is 9.65. The lowest BCUT2D eigenvalue weighted by atomic mass is 10.00. The Morgan fingerprint density at radius 1 is 1.19 bits per heavy atom. The third-order valence-electron chi connectivity index (χ3n) is 2.57. The molecular weight excluding hydrogens is 222 g/mol. The van der Waals surface area contributed by atoms with Crippen molar-refractivity contribution in [2.75, 3.05) is 0 Å². The first kappa shape index (κ1) is 11.1. The summed E-state index contributed by atoms with van der Waals surface area (Å²) in [6.45, 7) is 1.94. The molecule has 0 aliphatic heterocycles. The molecule has 2 aromatic rings. The Kier molecular flexibility index (Phi) is 3.22. The van der Waals surface area contributed by atoms with Gasteiger partial charge in [0.05, 0.1) is 0 Å². The summed E-state index contributed by atoms with van der Waals surface area (Å²) in [6, 6.07) is 9.16. The number of hydrogen-bond acceptors (Lipinski definition) is 2. The monoisotopic (exact) mass is 233 g/mol. The van der Waals surface area contributed by atoms with Crippen molar-refractivity contribution in [2.24, 2.45) is 0 Å². The number of nitrogens with zero attached hydrogens (tertiary/aromatic N) is 1. The number of benzene rings is 1. The summed E-state index contributed by atoms with van der Waals surface area (Å²) in [5.74, 6) is 0. The van der Waals surface area contributed by atoms with Crippen molar-refractivity contribution in [1.29, 1.82) is 0 Å². The summed E-state index contributed by atoms with van der Waals surface area (Å²) in [6.07, 6.45) is 2.66. The van der Waals surface area contributed by atoms with E-state index in [0.717, 1.165) is 11.1 Å². The van der Waals surface area contributed by atoms with Crippen LogP contribution in [0.4, 0.5) is 0 Å². The Balaban J connectivity index is 2.44. The fourth-order valence-electron chi connectivity index (χ4n) is 1.63. The molecule has 1 heterocycles. The highest BCUT2D eigenvalue weighted by Gasteiger charge is 2.15. The van der Waals surface area contributed by atoms with E-state index in [1.54, 1.807) is 18.5 Å². The zero-order chi connectivity index (χ0) is 11.5. The second-order valence-corrected chi connectivity index (χ2v) is 4.06. The van der Waals surface area contributed by atoms with Crippen LogP contribution in [-0.4, -0.2) is 10.1 Å². The lowest BCUT2D eigenvalue weighted by molar-refractivity contribution is 0.219. The SMILES string of the molecule is Cc1ccncc1C(O)c1ccccc1Cl. The van der Waals surface area contributed by atoms with E-state index in [9.17, 15) is 5.11 Å². The fourth-order valence-corrected chi connectivity index (χ4v) is 1.87. The van der Waals surface area contributed by atoms with E-state index < -0.39 is 6.10 Å². The number of aliphatic hydroxyl groups is 1. The molecule has 1 N–H and O–H groups in total. The minimum atomic E-state index is -0.720. The third-order valence-corrected chi connectivity index (χ3v) is 2.92. The lowest BCUT2D eigenvalue weighted by Gasteiger charge is -2.14. The molecule has 1 aromatic heterocycles. The molecule has 0 radical (unpaired) electrons. The van der Waals surface area contributed by atoms with Crippen molar-refractivity contribution in [3.63, 3.8) is 0 Å². The van der Waals surface area contributed by atoms with Gasteiger partial charge < -0.3 is 5.11 Å². The summed E-state index contributed by atoms with van der Waals surface area (Å²) >= 11 is 6.04. The number of halogens is 1. The summed E-state index contributed by atoms with van der Waals surface area (Å²) < 4.78 is 0. The van der Waals surface area contributed by atoms with E-state index in [0.29, 0.717) is 10.6 Å². The molecule has 82 valence electrons. The molecular formula is C13H12ClNO. The number of pyridine rings is 1. The molecule has 0 aliphatic carbocycles. The third kappa shape index (κ3) is 2.08. The standard InChI is InChI=1S/C13H12ClNO/c1-9-6-7-15-8-11(9)13(16)10-4-2-3-5-12(10)14/h2-8,13,16H,1H3. The summed E-state index contributed by atoms with van der Waals surface area (Å²) in [5.41, 5.74) is 2.50. The van der Waals surface area contributed by atoms with Crippen LogP contribution >= 0.6 is 11.6 Å². The van der Waals surface area contributed by atoms with E-state index in [-0.39, 0.29) is 0 Å². The molecule has 16 heavy (non-hydrogen) atoms. The van der Waals surface area contributed by atoms with Crippen LogP contribution in [0.2, 0.25) is 5.02 Å². The number of aromatic nitrogens is 1. The van der Waals surface area contributed by atoms with Crippen molar-refractivity contribution < 1.29 is 5.11 Å². The van der Waals surface area contributed by atoms with Crippen LogP contribution in [0.1, 0.15) is 22.8 Å². The highest BCUT2D eigenvalue weighted by Crippen LogP contribution is 2.28. The Bertz CT molecular complexity index is 453. The van der Waals surface area contributed by atoms with Gasteiger partial charge in [-0.15, -0.1) is 0 Å². The molecule has 0 spiro atoms. The summed E-state index contributed by atoms with van der Waals surface area (Å²) in [4.78, 5) is 4.02. The number of rotatable bonds is 2. The first-order valence-electron chi connectivity index (χ1n) is 5.03. The number of aliphatic hydroxyl groups excluding tert-OH is 1. The van der Waals surface area contributed by atoms with Crippen LogP contribution in [0, 0.1) is 6.92 Å². The maximum Gasteiger partial charge on any atom is 0.107 e. The highest BCUT2D eigenvalue weighted by atomic mass is 35.5. The van der Waals surface area contributed by atoms with Gasteiger partial charge in [-0.3, -0.25) is 4.98 Å². The van der Waals surface area contributed by atoms with E-state index in [1.165, 1.54) is 0 Å². The van der Waals surface area contributed by atoms with E-state index in [4.69, 9.17) is 11.6 Å². The molecule has 0 fully saturated rings. The molecule has 0 aliphatic rings. The topological polar surface area (TPSA) is 33.1 Å². The molecule has 0 saturated carbocycles. The minimum absolute atomic E-state index is 0.568. The van der Waals surface area contributed by atoms with Crippen molar-refractivity contribution in [3.05, 3.63) is 64.4 Å². The second-order valence-electron chi connectivity index (χ2n) is 3.66. The Morgan fingerprint density at radius 3 is 2.62 bits per heavy atom. The van der Waals surface area contributed by atoms with Crippen molar-refractivity contribution in [1.82, 2.24) is 4.98 Å². The molecule has 2 nitrogen and oxygen atoms in total. The van der Waals surface area contributed by atoms with Crippen LogP contribution in [0.3, 0.4) is 0 Å². The van der Waals surface area contributed by atoms with Gasteiger partial charge in [0.1, 0.15) is 6.10 Å². The summed E-state index contributed by atoms with van der Waals surface area (Å²) in [5, 5.41) is 10.8. The summed E-state index contributed by atoms with van der Waals surface area (Å²) in [7, 11) is 0. The Labute approximate surface area is 99.5 Å². The van der Waals surface area contributed by atoms with Gasteiger partial charge in [0, 0.05) is 28.5 Å². The van der Waals surface area contributed by atoms with Crippen molar-refractivity contribution >= 4 is 11.6 Å². The van der Waals surface area contributed by atoms with E-state index >= 15 is 0 Å². The Hall–Kier alpha value is -1.38. The van der Waals surface area contributed by atoms with Gasteiger partial charge in [0.2, 0.25) is 0 Å². The van der Waals surface area contributed by atoms with E-state index in [2.05, 4.69) is 4.98 Å². The highest BCUT2D eigenvalue weighted by molar-refractivity contribution is 6.31. The van der Waals surface area contributed by atoms with Gasteiger partial charge >= 0.3 is 0 Å². The maximum absolute atomic E-state index is 10.2. The predicted molar refractivity (Wildman–Crippen MR) is 64.5 cm³/mol. The van der Waals surface area contributed by atoms with Crippen molar-refractivity contribution in [3.8, 4) is 0 Å². The fraction of sp³-hybridized carbons (Fsp3) is 0.154. The molecule has 1 aromatic carbocycles. The van der Waals surface area contributed by atoms with Crippen LogP contribution in [-0.2, 0) is 0 Å². The zero-order valence-electron chi connectivity index (χ0n) is 8.89. The van der Waals surface area contributed by atoms with Gasteiger partial charge in [-0.1, -0.05) is 29.8 Å². The maximum atomic E-state index is 10.2.